The second-order valence-electron chi connectivity index (χ2n) is 8.32. The third kappa shape index (κ3) is 5.28. The summed E-state index contributed by atoms with van der Waals surface area (Å²) < 4.78 is 12.4. The summed E-state index contributed by atoms with van der Waals surface area (Å²) in [6.07, 6.45) is 0. The number of hydrogen-bond donors (Lipinski definition) is 0. The average Bonchev–Trinajstić information content (AvgIpc) is 3.28. The number of fused-ring (bicyclic) bond motifs is 1. The Morgan fingerprint density at radius 2 is 1.76 bits per heavy atom. The molecule has 0 N–H and O–H groups in total. The van der Waals surface area contributed by atoms with Gasteiger partial charge in [-0.15, -0.1) is 0 Å². The lowest BCUT2D eigenvalue weighted by atomic mass is 10.2. The van der Waals surface area contributed by atoms with Crippen LogP contribution >= 0.6 is 11.3 Å². The largest absolute Gasteiger partial charge is 0.457 e. The summed E-state index contributed by atoms with van der Waals surface area (Å²) in [7, 11) is 0. The number of aryl methyl sites for hydroxylation is 1. The van der Waals surface area contributed by atoms with E-state index in [9.17, 15) is 4.79 Å². The highest BCUT2D eigenvalue weighted by molar-refractivity contribution is 7.22. The lowest BCUT2D eigenvalue weighted by molar-refractivity contribution is 0.0391. The van der Waals surface area contributed by atoms with Crippen molar-refractivity contribution in [3.63, 3.8) is 0 Å². The van der Waals surface area contributed by atoms with Crippen molar-refractivity contribution in [1.29, 1.82) is 0 Å². The first-order valence-electron chi connectivity index (χ1n) is 11.5. The summed E-state index contributed by atoms with van der Waals surface area (Å²) in [5.74, 6) is 1.40. The Kier molecular flexibility index (Phi) is 6.85. The number of ether oxygens (including phenoxy) is 2. The van der Waals surface area contributed by atoms with Gasteiger partial charge in [-0.1, -0.05) is 35.6 Å². The lowest BCUT2D eigenvalue weighted by Gasteiger charge is -2.29. The molecule has 7 heteroatoms. The normalized spacial score (nSPS) is 14.3. The van der Waals surface area contributed by atoms with Gasteiger partial charge >= 0.3 is 0 Å². The van der Waals surface area contributed by atoms with Crippen LogP contribution < -0.4 is 9.64 Å². The summed E-state index contributed by atoms with van der Waals surface area (Å²) in [5, 5.41) is 0.725. The monoisotopic (exact) mass is 473 g/mol. The first kappa shape index (κ1) is 22.5. The summed E-state index contributed by atoms with van der Waals surface area (Å²) in [5.41, 5.74) is 2.71. The molecule has 0 radical (unpaired) electrons. The highest BCUT2D eigenvalue weighted by Gasteiger charge is 2.23. The molecule has 2 heterocycles. The molecule has 6 nitrogen and oxygen atoms in total. The van der Waals surface area contributed by atoms with Gasteiger partial charge in [0.2, 0.25) is 0 Å². The summed E-state index contributed by atoms with van der Waals surface area (Å²) in [4.78, 5) is 22.6. The van der Waals surface area contributed by atoms with Crippen LogP contribution in [-0.2, 0) is 4.74 Å². The molecule has 1 aliphatic rings. The smallest absolute Gasteiger partial charge is 0.260 e. The number of rotatable bonds is 7. The number of anilines is 1. The van der Waals surface area contributed by atoms with Crippen LogP contribution in [0, 0.1) is 6.92 Å². The number of carbonyl (C=O) groups is 1. The van der Waals surface area contributed by atoms with Gasteiger partial charge in [0, 0.05) is 31.7 Å². The zero-order chi connectivity index (χ0) is 23.3. The summed E-state index contributed by atoms with van der Waals surface area (Å²) >= 11 is 1.56. The van der Waals surface area contributed by atoms with Gasteiger partial charge in [-0.05, 0) is 61.0 Å². The fraction of sp³-hybridized carbons (Fsp3) is 0.259. The maximum absolute atomic E-state index is 13.6. The molecular formula is C27H27N3O3S. The molecule has 1 amide bonds. The van der Waals surface area contributed by atoms with Crippen LogP contribution in [0.25, 0.3) is 10.2 Å². The average molecular weight is 474 g/mol. The Morgan fingerprint density at radius 3 is 2.53 bits per heavy atom. The molecule has 1 saturated heterocycles. The highest BCUT2D eigenvalue weighted by Crippen LogP contribution is 2.31. The van der Waals surface area contributed by atoms with Gasteiger partial charge in [0.05, 0.1) is 23.4 Å². The van der Waals surface area contributed by atoms with E-state index in [-0.39, 0.29) is 5.91 Å². The van der Waals surface area contributed by atoms with Gasteiger partial charge in [-0.2, -0.15) is 0 Å². The van der Waals surface area contributed by atoms with E-state index < -0.39 is 0 Å². The topological polar surface area (TPSA) is 54.9 Å². The van der Waals surface area contributed by atoms with E-state index in [4.69, 9.17) is 14.5 Å². The van der Waals surface area contributed by atoms with Crippen molar-refractivity contribution < 1.29 is 14.3 Å². The van der Waals surface area contributed by atoms with Crippen LogP contribution in [0.4, 0.5) is 5.13 Å². The molecule has 0 unspecified atom stereocenters. The number of para-hydroxylation sites is 1. The van der Waals surface area contributed by atoms with Crippen molar-refractivity contribution in [2.45, 2.75) is 6.92 Å². The van der Waals surface area contributed by atoms with Crippen molar-refractivity contribution in [3.8, 4) is 11.5 Å². The Morgan fingerprint density at radius 1 is 1.03 bits per heavy atom. The molecule has 0 spiro atoms. The van der Waals surface area contributed by atoms with Crippen LogP contribution in [0.3, 0.4) is 0 Å². The first-order chi connectivity index (χ1) is 16.7. The SMILES string of the molecule is Cc1ccc2nc(N(CCN3CCOCC3)C(=O)c3ccc(Oc4ccccc4)cc3)sc2c1. The predicted molar refractivity (Wildman–Crippen MR) is 136 cm³/mol. The van der Waals surface area contributed by atoms with Gasteiger partial charge in [-0.3, -0.25) is 14.6 Å². The molecule has 0 bridgehead atoms. The van der Waals surface area contributed by atoms with Crippen LogP contribution in [-0.4, -0.2) is 55.2 Å². The number of amides is 1. The third-order valence-electron chi connectivity index (χ3n) is 5.83. The van der Waals surface area contributed by atoms with Crippen LogP contribution in [0.5, 0.6) is 11.5 Å². The molecule has 174 valence electrons. The lowest BCUT2D eigenvalue weighted by Crippen LogP contribution is -2.43. The van der Waals surface area contributed by atoms with E-state index in [1.54, 1.807) is 11.3 Å². The standard InChI is InChI=1S/C27H27N3O3S/c1-20-7-12-24-25(19-20)34-27(28-24)30(14-13-29-15-17-32-18-16-29)26(31)21-8-10-23(11-9-21)33-22-5-3-2-4-6-22/h2-12,19H,13-18H2,1H3. The maximum Gasteiger partial charge on any atom is 0.260 e. The zero-order valence-corrected chi connectivity index (χ0v) is 20.0. The quantitative estimate of drug-likeness (QED) is 0.361. The first-order valence-corrected chi connectivity index (χ1v) is 12.3. The molecule has 3 aromatic carbocycles. The van der Waals surface area contributed by atoms with Crippen molar-refractivity contribution in [1.82, 2.24) is 9.88 Å². The van der Waals surface area contributed by atoms with Gasteiger partial charge in [0.1, 0.15) is 11.5 Å². The minimum atomic E-state index is -0.0599. The number of benzene rings is 3. The van der Waals surface area contributed by atoms with E-state index >= 15 is 0 Å². The van der Waals surface area contributed by atoms with E-state index in [1.165, 1.54) is 5.56 Å². The number of nitrogens with zero attached hydrogens (tertiary/aromatic N) is 3. The van der Waals surface area contributed by atoms with Gasteiger partial charge in [0.15, 0.2) is 5.13 Å². The predicted octanol–water partition coefficient (Wildman–Crippen LogP) is 5.38. The fourth-order valence-corrected chi connectivity index (χ4v) is 5.02. The molecule has 1 fully saturated rings. The molecule has 1 aliphatic heterocycles. The Hall–Kier alpha value is -3.26. The molecule has 1 aromatic heterocycles. The summed E-state index contributed by atoms with van der Waals surface area (Å²) in [6, 6.07) is 23.1. The van der Waals surface area contributed by atoms with Crippen LogP contribution in [0.15, 0.2) is 72.8 Å². The maximum atomic E-state index is 13.6. The number of morpholine rings is 1. The molecular weight excluding hydrogens is 446 g/mol. The van der Waals surface area contributed by atoms with E-state index in [2.05, 4.69) is 24.0 Å². The minimum Gasteiger partial charge on any atom is -0.457 e. The number of carbonyl (C=O) groups excluding carboxylic acids is 1. The summed E-state index contributed by atoms with van der Waals surface area (Å²) in [6.45, 7) is 6.64. The Labute approximate surface area is 203 Å². The van der Waals surface area contributed by atoms with E-state index in [1.807, 2.05) is 65.6 Å². The van der Waals surface area contributed by atoms with Crippen molar-refractivity contribution in [3.05, 3.63) is 83.9 Å². The molecule has 0 atom stereocenters. The van der Waals surface area contributed by atoms with Crippen LogP contribution in [0.1, 0.15) is 15.9 Å². The molecule has 34 heavy (non-hydrogen) atoms. The van der Waals surface area contributed by atoms with Gasteiger partial charge in [-0.25, -0.2) is 4.98 Å². The molecule has 0 saturated carbocycles. The number of thiazole rings is 1. The van der Waals surface area contributed by atoms with Crippen LogP contribution in [0.2, 0.25) is 0 Å². The Balaban J connectivity index is 1.38. The van der Waals surface area contributed by atoms with E-state index in [0.29, 0.717) is 17.9 Å². The zero-order valence-electron chi connectivity index (χ0n) is 19.1. The van der Waals surface area contributed by atoms with Gasteiger partial charge < -0.3 is 9.47 Å². The molecule has 4 aromatic rings. The fourth-order valence-electron chi connectivity index (χ4n) is 3.93. The number of aromatic nitrogens is 1. The second-order valence-corrected chi connectivity index (χ2v) is 9.33. The van der Waals surface area contributed by atoms with Crippen molar-refractivity contribution in [2.75, 3.05) is 44.3 Å². The number of hydrogen-bond acceptors (Lipinski definition) is 6. The molecule has 0 aliphatic carbocycles. The Bertz CT molecular complexity index is 1250. The van der Waals surface area contributed by atoms with E-state index in [0.717, 1.165) is 53.9 Å². The minimum absolute atomic E-state index is 0.0599. The second kappa shape index (κ2) is 10.3. The van der Waals surface area contributed by atoms with Gasteiger partial charge in [0.25, 0.3) is 5.91 Å². The van der Waals surface area contributed by atoms with Crippen molar-refractivity contribution in [2.24, 2.45) is 0 Å². The third-order valence-corrected chi connectivity index (χ3v) is 6.87. The highest BCUT2D eigenvalue weighted by atomic mass is 32.1. The van der Waals surface area contributed by atoms with Crippen molar-refractivity contribution >= 4 is 32.6 Å². The molecule has 5 rings (SSSR count).